The van der Waals surface area contributed by atoms with Gasteiger partial charge in [-0.1, -0.05) is 0 Å². The molecule has 0 aliphatic carbocycles. The molecule has 5 rings (SSSR count). The van der Waals surface area contributed by atoms with Crippen molar-refractivity contribution in [2.75, 3.05) is 25.9 Å². The van der Waals surface area contributed by atoms with Crippen molar-refractivity contribution < 1.29 is 27.6 Å². The Kier molecular flexibility index (Phi) is 6.56. The second kappa shape index (κ2) is 9.77. The van der Waals surface area contributed by atoms with E-state index in [2.05, 4.69) is 15.1 Å². The standard InChI is InChI=1S/C26H25F3N8O3/c1-14(38)36-11-16(12-36)24(39)35(3)37(13-18-6-5-17(9-31-18)26(27,28)29)25(40)15-4-7-21-19(8-15)22-20(23(30)33-21)10-32-34(22)2/h4-10,16H,11-13H2,1-3H3,(H2,30,33). The molecule has 1 aliphatic rings. The number of likely N-dealkylation sites (tertiary alicyclic amines) is 1. The fraction of sp³-hybridized carbons (Fsp3) is 0.308. The van der Waals surface area contributed by atoms with Gasteiger partial charge in [0.2, 0.25) is 11.8 Å². The van der Waals surface area contributed by atoms with Gasteiger partial charge in [0.25, 0.3) is 5.91 Å². The molecule has 1 saturated heterocycles. The van der Waals surface area contributed by atoms with Crippen molar-refractivity contribution in [2.24, 2.45) is 13.0 Å². The van der Waals surface area contributed by atoms with Gasteiger partial charge in [0, 0.05) is 51.3 Å². The number of pyridine rings is 2. The molecule has 0 spiro atoms. The minimum atomic E-state index is -4.57. The Labute approximate surface area is 225 Å². The normalized spacial score (nSPS) is 13.9. The lowest BCUT2D eigenvalue weighted by Crippen LogP contribution is -2.58. The van der Waals surface area contributed by atoms with E-state index in [9.17, 15) is 27.6 Å². The number of hydrogen-bond donors (Lipinski definition) is 1. The number of amides is 3. The van der Waals surface area contributed by atoms with E-state index in [1.54, 1.807) is 30.1 Å². The number of anilines is 1. The third-order valence-corrected chi connectivity index (χ3v) is 7.01. The highest BCUT2D eigenvalue weighted by Crippen LogP contribution is 2.30. The summed E-state index contributed by atoms with van der Waals surface area (Å²) in [5, 5.41) is 7.71. The van der Waals surface area contributed by atoms with Crippen LogP contribution in [0.25, 0.3) is 21.8 Å². The summed E-state index contributed by atoms with van der Waals surface area (Å²) in [4.78, 5) is 48.5. The molecule has 0 unspecified atom stereocenters. The van der Waals surface area contributed by atoms with Crippen molar-refractivity contribution in [3.63, 3.8) is 0 Å². The summed E-state index contributed by atoms with van der Waals surface area (Å²) in [7, 11) is 3.14. The molecule has 3 amide bonds. The predicted octanol–water partition coefficient (Wildman–Crippen LogP) is 2.61. The number of aromatic nitrogens is 4. The average Bonchev–Trinajstić information content (AvgIpc) is 3.27. The number of nitrogens with two attached hydrogens (primary N) is 1. The Morgan fingerprint density at radius 1 is 1.10 bits per heavy atom. The molecular formula is C26H25F3N8O3. The first-order chi connectivity index (χ1) is 18.8. The lowest BCUT2D eigenvalue weighted by Gasteiger charge is -2.41. The maximum absolute atomic E-state index is 13.9. The zero-order valence-corrected chi connectivity index (χ0v) is 21.8. The van der Waals surface area contributed by atoms with Crippen LogP contribution in [0.4, 0.5) is 19.0 Å². The topological polar surface area (TPSA) is 131 Å². The van der Waals surface area contributed by atoms with Gasteiger partial charge in [-0.3, -0.25) is 29.1 Å². The molecule has 40 heavy (non-hydrogen) atoms. The molecule has 1 aliphatic heterocycles. The summed E-state index contributed by atoms with van der Waals surface area (Å²) in [6.45, 7) is 1.54. The quantitative estimate of drug-likeness (QED) is 0.384. The molecule has 1 fully saturated rings. The number of halogens is 3. The maximum Gasteiger partial charge on any atom is 0.417 e. The number of carbonyl (C=O) groups is 3. The highest BCUT2D eigenvalue weighted by Gasteiger charge is 2.38. The molecule has 0 radical (unpaired) electrons. The van der Waals surface area contributed by atoms with E-state index < -0.39 is 29.5 Å². The van der Waals surface area contributed by atoms with Crippen LogP contribution >= 0.6 is 0 Å². The second-order valence-electron chi connectivity index (χ2n) is 9.64. The molecule has 2 N–H and O–H groups in total. The van der Waals surface area contributed by atoms with Gasteiger partial charge in [-0.2, -0.15) is 18.3 Å². The van der Waals surface area contributed by atoms with Crippen LogP contribution in [-0.4, -0.2) is 72.5 Å². The summed E-state index contributed by atoms with van der Waals surface area (Å²) in [6, 6.07) is 6.80. The van der Waals surface area contributed by atoms with Gasteiger partial charge in [0.15, 0.2) is 0 Å². The smallest absolute Gasteiger partial charge is 0.383 e. The lowest BCUT2D eigenvalue weighted by molar-refractivity contribution is -0.156. The molecule has 0 bridgehead atoms. The number of carbonyl (C=O) groups excluding carboxylic acids is 3. The fourth-order valence-corrected chi connectivity index (χ4v) is 4.67. The minimum absolute atomic E-state index is 0.143. The predicted molar refractivity (Wildman–Crippen MR) is 138 cm³/mol. The van der Waals surface area contributed by atoms with Gasteiger partial charge in [-0.05, 0) is 30.3 Å². The van der Waals surface area contributed by atoms with E-state index in [-0.39, 0.29) is 42.6 Å². The molecule has 4 aromatic rings. The summed E-state index contributed by atoms with van der Waals surface area (Å²) < 4.78 is 40.8. The van der Waals surface area contributed by atoms with Crippen molar-refractivity contribution >= 4 is 45.3 Å². The highest BCUT2D eigenvalue weighted by molar-refractivity contribution is 6.10. The van der Waals surface area contributed by atoms with Crippen LogP contribution in [0.2, 0.25) is 0 Å². The van der Waals surface area contributed by atoms with E-state index in [4.69, 9.17) is 5.73 Å². The molecular weight excluding hydrogens is 529 g/mol. The number of alkyl halides is 3. The highest BCUT2D eigenvalue weighted by atomic mass is 19.4. The summed E-state index contributed by atoms with van der Waals surface area (Å²) in [5.74, 6) is -1.41. The van der Waals surface area contributed by atoms with E-state index in [1.807, 2.05) is 0 Å². The van der Waals surface area contributed by atoms with Crippen LogP contribution in [0.5, 0.6) is 0 Å². The number of nitrogen functional groups attached to an aromatic ring is 1. The maximum atomic E-state index is 13.9. The van der Waals surface area contributed by atoms with Crippen LogP contribution in [0.1, 0.15) is 28.5 Å². The summed E-state index contributed by atoms with van der Waals surface area (Å²) >= 11 is 0. The van der Waals surface area contributed by atoms with E-state index in [0.717, 1.165) is 22.2 Å². The fourth-order valence-electron chi connectivity index (χ4n) is 4.67. The first kappa shape index (κ1) is 26.8. The van der Waals surface area contributed by atoms with Crippen molar-refractivity contribution in [3.05, 3.63) is 59.5 Å². The third kappa shape index (κ3) is 4.76. The Morgan fingerprint density at radius 3 is 2.45 bits per heavy atom. The molecule has 0 saturated carbocycles. The van der Waals surface area contributed by atoms with Crippen LogP contribution in [0, 0.1) is 5.92 Å². The van der Waals surface area contributed by atoms with E-state index in [1.165, 1.54) is 24.9 Å². The molecule has 14 heteroatoms. The zero-order chi connectivity index (χ0) is 28.9. The number of fused-ring (bicyclic) bond motifs is 3. The number of rotatable bonds is 4. The Balaban J connectivity index is 1.51. The number of hydrazine groups is 1. The largest absolute Gasteiger partial charge is 0.417 e. The van der Waals surface area contributed by atoms with Gasteiger partial charge in [0.05, 0.1) is 46.3 Å². The number of aryl methyl sites for hydroxylation is 1. The number of hydrogen-bond acceptors (Lipinski definition) is 7. The Bertz CT molecular complexity index is 1650. The van der Waals surface area contributed by atoms with Crippen molar-refractivity contribution in [3.8, 4) is 0 Å². The van der Waals surface area contributed by atoms with Crippen molar-refractivity contribution in [1.82, 2.24) is 34.7 Å². The van der Waals surface area contributed by atoms with Gasteiger partial charge < -0.3 is 10.6 Å². The van der Waals surface area contributed by atoms with Gasteiger partial charge in [0.1, 0.15) is 5.82 Å². The molecule has 3 aromatic heterocycles. The summed E-state index contributed by atoms with van der Waals surface area (Å²) in [5.41, 5.74) is 6.68. The van der Waals surface area contributed by atoms with E-state index >= 15 is 0 Å². The molecule has 1 aromatic carbocycles. The average molecular weight is 555 g/mol. The summed E-state index contributed by atoms with van der Waals surface area (Å²) in [6.07, 6.45) is -2.31. The van der Waals surface area contributed by atoms with Crippen LogP contribution in [0.3, 0.4) is 0 Å². The molecule has 0 atom stereocenters. The second-order valence-corrected chi connectivity index (χ2v) is 9.64. The molecule has 11 nitrogen and oxygen atoms in total. The van der Waals surface area contributed by atoms with Crippen molar-refractivity contribution in [2.45, 2.75) is 19.6 Å². The molecule has 208 valence electrons. The van der Waals surface area contributed by atoms with Gasteiger partial charge in [-0.25, -0.2) is 9.99 Å². The van der Waals surface area contributed by atoms with E-state index in [0.29, 0.717) is 28.0 Å². The molecule has 4 heterocycles. The Hall–Kier alpha value is -4.75. The minimum Gasteiger partial charge on any atom is -0.383 e. The lowest BCUT2D eigenvalue weighted by atomic mass is 9.99. The number of benzene rings is 1. The third-order valence-electron chi connectivity index (χ3n) is 7.01. The SMILES string of the molecule is CC(=O)N1CC(C(=O)N(C)N(Cc2ccc(C(F)(F)F)cn2)C(=O)c2ccc3nc(N)c4cnn(C)c4c3c2)C1. The first-order valence-corrected chi connectivity index (χ1v) is 12.2. The van der Waals surface area contributed by atoms with Gasteiger partial charge >= 0.3 is 6.18 Å². The van der Waals surface area contributed by atoms with Crippen LogP contribution in [0.15, 0.2) is 42.7 Å². The monoisotopic (exact) mass is 554 g/mol. The van der Waals surface area contributed by atoms with Gasteiger partial charge in [-0.15, -0.1) is 0 Å². The van der Waals surface area contributed by atoms with Crippen LogP contribution in [-0.2, 0) is 29.4 Å². The number of nitrogens with zero attached hydrogens (tertiary/aromatic N) is 7. The Morgan fingerprint density at radius 2 is 1.82 bits per heavy atom. The zero-order valence-electron chi connectivity index (χ0n) is 21.8. The van der Waals surface area contributed by atoms with Crippen molar-refractivity contribution in [1.29, 1.82) is 0 Å². The first-order valence-electron chi connectivity index (χ1n) is 12.2. The van der Waals surface area contributed by atoms with Crippen LogP contribution < -0.4 is 5.73 Å².